The molecule has 0 aromatic carbocycles. The molecule has 1 amide bonds. The quantitative estimate of drug-likeness (QED) is 0.800. The van der Waals surface area contributed by atoms with E-state index in [1.807, 2.05) is 0 Å². The van der Waals surface area contributed by atoms with Crippen LogP contribution >= 0.6 is 0 Å². The second kappa shape index (κ2) is 5.69. The third-order valence-corrected chi connectivity index (χ3v) is 4.90. The number of hydrogen-bond donors (Lipinski definition) is 0. The van der Waals surface area contributed by atoms with Gasteiger partial charge in [0.2, 0.25) is 12.3 Å². The van der Waals surface area contributed by atoms with Gasteiger partial charge in [0.05, 0.1) is 5.56 Å². The van der Waals surface area contributed by atoms with E-state index in [2.05, 4.69) is 4.98 Å². The molecule has 3 rings (SSSR count). The van der Waals surface area contributed by atoms with Crippen LogP contribution in [0.3, 0.4) is 0 Å². The lowest BCUT2D eigenvalue weighted by Gasteiger charge is -2.51. The summed E-state index contributed by atoms with van der Waals surface area (Å²) >= 11 is 0. The molecule has 23 heavy (non-hydrogen) atoms. The Labute approximate surface area is 132 Å². The van der Waals surface area contributed by atoms with Crippen LogP contribution in [-0.4, -0.2) is 35.5 Å². The van der Waals surface area contributed by atoms with Crippen LogP contribution in [0.15, 0.2) is 12.3 Å². The van der Waals surface area contributed by atoms with E-state index in [-0.39, 0.29) is 23.0 Å². The first-order valence-electron chi connectivity index (χ1n) is 7.71. The summed E-state index contributed by atoms with van der Waals surface area (Å²) in [6, 6.07) is 1.35. The molecular weight excluding hydrogens is 309 g/mol. The van der Waals surface area contributed by atoms with Crippen molar-refractivity contribution < 1.29 is 22.7 Å². The van der Waals surface area contributed by atoms with Crippen molar-refractivity contribution >= 4 is 6.41 Å². The van der Waals surface area contributed by atoms with Gasteiger partial charge in [-0.25, -0.2) is 4.98 Å². The van der Waals surface area contributed by atoms with Crippen molar-refractivity contribution in [3.63, 3.8) is 0 Å². The Morgan fingerprint density at radius 2 is 2.00 bits per heavy atom. The number of amides is 1. The van der Waals surface area contributed by atoms with Gasteiger partial charge in [-0.1, -0.05) is 0 Å². The zero-order chi connectivity index (χ0) is 16.7. The Kier molecular flexibility index (Phi) is 3.98. The molecule has 1 aromatic heterocycles. The average molecular weight is 328 g/mol. The second-order valence-electron chi connectivity index (χ2n) is 6.66. The van der Waals surface area contributed by atoms with Crippen LogP contribution in [-0.2, 0) is 11.0 Å². The predicted molar refractivity (Wildman–Crippen MR) is 76.9 cm³/mol. The summed E-state index contributed by atoms with van der Waals surface area (Å²) < 4.78 is 43.9. The van der Waals surface area contributed by atoms with Gasteiger partial charge in [-0.2, -0.15) is 13.2 Å². The lowest BCUT2D eigenvalue weighted by atomic mass is 9.68. The first-order chi connectivity index (χ1) is 10.8. The summed E-state index contributed by atoms with van der Waals surface area (Å²) in [5, 5.41) is 0. The van der Waals surface area contributed by atoms with E-state index >= 15 is 0 Å². The summed E-state index contributed by atoms with van der Waals surface area (Å²) in [5.41, 5.74) is -0.379. The number of halogens is 3. The Bertz CT molecular complexity index is 587. The fourth-order valence-electron chi connectivity index (χ4n) is 3.59. The fourth-order valence-corrected chi connectivity index (χ4v) is 3.59. The molecule has 2 aliphatic rings. The van der Waals surface area contributed by atoms with Crippen molar-refractivity contribution in [1.82, 2.24) is 9.88 Å². The van der Waals surface area contributed by atoms with Crippen LogP contribution in [0.4, 0.5) is 13.2 Å². The number of rotatable bonds is 3. The van der Waals surface area contributed by atoms with Crippen molar-refractivity contribution in [2.45, 2.75) is 44.9 Å². The minimum Gasteiger partial charge on any atom is -0.474 e. The maximum Gasteiger partial charge on any atom is 0.418 e. The Morgan fingerprint density at radius 1 is 1.35 bits per heavy atom. The van der Waals surface area contributed by atoms with E-state index < -0.39 is 11.7 Å². The van der Waals surface area contributed by atoms with Crippen molar-refractivity contribution in [2.24, 2.45) is 5.41 Å². The molecule has 4 nitrogen and oxygen atoms in total. The molecule has 0 radical (unpaired) electrons. The first-order valence-corrected chi connectivity index (χ1v) is 7.71. The highest BCUT2D eigenvalue weighted by Gasteiger charge is 2.45. The van der Waals surface area contributed by atoms with Gasteiger partial charge in [-0.15, -0.1) is 0 Å². The van der Waals surface area contributed by atoms with Gasteiger partial charge >= 0.3 is 6.18 Å². The lowest BCUT2D eigenvalue weighted by Crippen LogP contribution is -2.57. The van der Waals surface area contributed by atoms with Crippen molar-refractivity contribution in [2.75, 3.05) is 13.1 Å². The Morgan fingerprint density at radius 3 is 2.52 bits per heavy atom. The molecule has 0 atom stereocenters. The largest absolute Gasteiger partial charge is 0.474 e. The van der Waals surface area contributed by atoms with Gasteiger partial charge in [0, 0.05) is 30.8 Å². The smallest absolute Gasteiger partial charge is 0.418 e. The number of aryl methyl sites for hydroxylation is 1. The molecule has 1 aromatic rings. The normalized spacial score (nSPS) is 21.1. The molecular formula is C16H19F3N2O2. The van der Waals surface area contributed by atoms with Crippen LogP contribution < -0.4 is 4.74 Å². The molecule has 0 N–H and O–H groups in total. The highest BCUT2D eigenvalue weighted by molar-refractivity contribution is 5.49. The number of pyridine rings is 1. The highest BCUT2D eigenvalue weighted by atomic mass is 19.4. The molecule has 1 saturated carbocycles. The summed E-state index contributed by atoms with van der Waals surface area (Å²) in [5.74, 6) is 0.250. The minimum absolute atomic E-state index is 0.0189. The number of likely N-dealkylation sites (tertiary alicyclic amines) is 1. The number of carbonyl (C=O) groups excluding carboxylic acids is 1. The standard InChI is InChI=1S/C16H19F3N2O2/c1-11-6-14(20-7-13(11)16(17,18)19)23-12-2-4-15(5-3-12)8-21(9-15)10-22/h6-7,10,12H,2-5,8-9H2,1H3. The molecule has 1 spiro atoms. The maximum absolute atomic E-state index is 12.7. The van der Waals surface area contributed by atoms with Crippen molar-refractivity contribution in [3.05, 3.63) is 23.4 Å². The molecule has 0 bridgehead atoms. The minimum atomic E-state index is -4.39. The number of alkyl halides is 3. The van der Waals surface area contributed by atoms with Crippen LogP contribution in [0.5, 0.6) is 5.88 Å². The number of ether oxygens (including phenoxy) is 1. The summed E-state index contributed by atoms with van der Waals surface area (Å²) in [6.07, 6.45) is 0.939. The van der Waals surface area contributed by atoms with Gasteiger partial charge in [0.25, 0.3) is 0 Å². The third kappa shape index (κ3) is 3.28. The number of nitrogens with zero attached hydrogens (tertiary/aromatic N) is 2. The zero-order valence-corrected chi connectivity index (χ0v) is 12.9. The molecule has 2 heterocycles. The number of aromatic nitrogens is 1. The molecule has 2 fully saturated rings. The fraction of sp³-hybridized carbons (Fsp3) is 0.625. The summed E-state index contributed by atoms with van der Waals surface area (Å²) in [7, 11) is 0. The van der Waals surface area contributed by atoms with Gasteiger partial charge in [0.1, 0.15) is 6.10 Å². The van der Waals surface area contributed by atoms with Gasteiger partial charge < -0.3 is 9.64 Å². The molecule has 126 valence electrons. The number of carbonyl (C=O) groups is 1. The second-order valence-corrected chi connectivity index (χ2v) is 6.66. The molecule has 0 unspecified atom stereocenters. The highest BCUT2D eigenvalue weighted by Crippen LogP contribution is 2.44. The Hall–Kier alpha value is -1.79. The monoisotopic (exact) mass is 328 g/mol. The Balaban J connectivity index is 1.57. The van der Waals surface area contributed by atoms with E-state index in [1.165, 1.54) is 13.0 Å². The van der Waals surface area contributed by atoms with Gasteiger partial charge in [0.15, 0.2) is 0 Å². The SMILES string of the molecule is Cc1cc(OC2CCC3(CC2)CN(C=O)C3)ncc1C(F)(F)F. The zero-order valence-electron chi connectivity index (χ0n) is 12.9. The van der Waals surface area contributed by atoms with Gasteiger partial charge in [-0.05, 0) is 38.2 Å². The summed E-state index contributed by atoms with van der Waals surface area (Å²) in [4.78, 5) is 16.2. The average Bonchev–Trinajstić information content (AvgIpc) is 2.44. The van der Waals surface area contributed by atoms with Crippen molar-refractivity contribution in [1.29, 1.82) is 0 Å². The maximum atomic E-state index is 12.7. The van der Waals surface area contributed by atoms with Crippen LogP contribution in [0.1, 0.15) is 36.8 Å². The summed E-state index contributed by atoms with van der Waals surface area (Å²) in [6.45, 7) is 3.03. The van der Waals surface area contributed by atoms with E-state index in [0.29, 0.717) is 0 Å². The van der Waals surface area contributed by atoms with E-state index in [4.69, 9.17) is 4.74 Å². The topological polar surface area (TPSA) is 42.4 Å². The van der Waals surface area contributed by atoms with E-state index in [0.717, 1.165) is 51.4 Å². The molecule has 1 saturated heterocycles. The third-order valence-electron chi connectivity index (χ3n) is 4.90. The van der Waals surface area contributed by atoms with Crippen molar-refractivity contribution in [3.8, 4) is 5.88 Å². The van der Waals surface area contributed by atoms with Crippen LogP contribution in [0.2, 0.25) is 0 Å². The van der Waals surface area contributed by atoms with E-state index in [9.17, 15) is 18.0 Å². The van der Waals surface area contributed by atoms with E-state index in [1.54, 1.807) is 4.90 Å². The predicted octanol–water partition coefficient (Wildman–Crippen LogP) is 3.19. The molecule has 7 heteroatoms. The van der Waals surface area contributed by atoms with Crippen LogP contribution in [0.25, 0.3) is 0 Å². The lowest BCUT2D eigenvalue weighted by molar-refractivity contribution is -0.138. The first kappa shape index (κ1) is 16.1. The van der Waals surface area contributed by atoms with Gasteiger partial charge in [-0.3, -0.25) is 4.79 Å². The molecule has 1 aliphatic carbocycles. The molecule has 1 aliphatic heterocycles. The van der Waals surface area contributed by atoms with Crippen LogP contribution in [0, 0.1) is 12.3 Å². The number of hydrogen-bond acceptors (Lipinski definition) is 3.